The van der Waals surface area contributed by atoms with E-state index in [1.807, 2.05) is 0 Å². The molecule has 0 aliphatic carbocycles. The molecule has 0 unspecified atom stereocenters. The van der Waals surface area contributed by atoms with Crippen LogP contribution < -0.4 is 0 Å². The third-order valence-corrected chi connectivity index (χ3v) is 1.63. The van der Waals surface area contributed by atoms with Crippen molar-refractivity contribution in [1.82, 2.24) is 0 Å². The SMILES string of the molecule is CC=CCCCC/C=C\CC. The van der Waals surface area contributed by atoms with Crippen LogP contribution in [0.3, 0.4) is 0 Å². The Balaban J connectivity index is 2.96. The van der Waals surface area contributed by atoms with Crippen molar-refractivity contribution in [3.05, 3.63) is 24.3 Å². The highest BCUT2D eigenvalue weighted by Crippen LogP contribution is 2.01. The molecule has 0 amide bonds. The second-order valence-electron chi connectivity index (χ2n) is 2.73. The Morgan fingerprint density at radius 2 is 1.55 bits per heavy atom. The Labute approximate surface area is 71.0 Å². The van der Waals surface area contributed by atoms with Crippen LogP contribution in [-0.4, -0.2) is 0 Å². The molecule has 0 aromatic rings. The monoisotopic (exact) mass is 152 g/mol. The zero-order valence-electron chi connectivity index (χ0n) is 7.84. The summed E-state index contributed by atoms with van der Waals surface area (Å²) in [5.74, 6) is 0. The Bertz CT molecular complexity index is 109. The van der Waals surface area contributed by atoms with Crippen LogP contribution in [0, 0.1) is 0 Å². The zero-order valence-corrected chi connectivity index (χ0v) is 7.84. The van der Waals surface area contributed by atoms with Gasteiger partial charge in [0.1, 0.15) is 0 Å². The van der Waals surface area contributed by atoms with E-state index in [0.717, 1.165) is 0 Å². The largest absolute Gasteiger partial charge is 0.0917 e. The van der Waals surface area contributed by atoms with Crippen LogP contribution in [0.4, 0.5) is 0 Å². The maximum absolute atomic E-state index is 2.29. The molecule has 64 valence electrons. The van der Waals surface area contributed by atoms with Crippen LogP contribution in [0.5, 0.6) is 0 Å². The molecule has 0 aromatic carbocycles. The second-order valence-corrected chi connectivity index (χ2v) is 2.73. The molecule has 0 saturated carbocycles. The summed E-state index contributed by atoms with van der Waals surface area (Å²) >= 11 is 0. The van der Waals surface area contributed by atoms with Crippen LogP contribution in [0.1, 0.15) is 46.0 Å². The molecule has 0 heterocycles. The molecular formula is C11H20. The fraction of sp³-hybridized carbons (Fsp3) is 0.636. The first-order valence-electron chi connectivity index (χ1n) is 4.68. The molecule has 0 saturated heterocycles. The van der Waals surface area contributed by atoms with Gasteiger partial charge in [-0.1, -0.05) is 31.2 Å². The van der Waals surface area contributed by atoms with Crippen LogP contribution >= 0.6 is 0 Å². The van der Waals surface area contributed by atoms with Gasteiger partial charge >= 0.3 is 0 Å². The minimum atomic E-state index is 1.18. The smallest absolute Gasteiger partial charge is 0.0351 e. The minimum Gasteiger partial charge on any atom is -0.0917 e. The van der Waals surface area contributed by atoms with Gasteiger partial charge < -0.3 is 0 Å². The summed E-state index contributed by atoms with van der Waals surface area (Å²) in [6.45, 7) is 4.26. The summed E-state index contributed by atoms with van der Waals surface area (Å²) in [6, 6.07) is 0. The van der Waals surface area contributed by atoms with E-state index >= 15 is 0 Å². The molecule has 0 aromatic heterocycles. The molecular weight excluding hydrogens is 132 g/mol. The lowest BCUT2D eigenvalue weighted by Gasteiger charge is -1.91. The summed E-state index contributed by atoms with van der Waals surface area (Å²) < 4.78 is 0. The fourth-order valence-corrected chi connectivity index (χ4v) is 0.976. The van der Waals surface area contributed by atoms with Crippen molar-refractivity contribution in [2.45, 2.75) is 46.0 Å². The number of hydrogen-bond donors (Lipinski definition) is 0. The van der Waals surface area contributed by atoms with Crippen molar-refractivity contribution in [2.24, 2.45) is 0 Å². The van der Waals surface area contributed by atoms with E-state index in [1.54, 1.807) is 0 Å². The van der Waals surface area contributed by atoms with Gasteiger partial charge in [0.05, 0.1) is 0 Å². The van der Waals surface area contributed by atoms with Crippen molar-refractivity contribution >= 4 is 0 Å². The van der Waals surface area contributed by atoms with Crippen LogP contribution in [0.25, 0.3) is 0 Å². The number of hydrogen-bond acceptors (Lipinski definition) is 0. The second kappa shape index (κ2) is 9.48. The van der Waals surface area contributed by atoms with E-state index in [9.17, 15) is 0 Å². The maximum atomic E-state index is 2.29. The molecule has 0 bridgehead atoms. The Hall–Kier alpha value is -0.520. The highest BCUT2D eigenvalue weighted by Gasteiger charge is 1.81. The predicted octanol–water partition coefficient (Wildman–Crippen LogP) is 4.09. The molecule has 0 atom stereocenters. The Kier molecular flexibility index (Phi) is 9.03. The summed E-state index contributed by atoms with van der Waals surface area (Å²) in [4.78, 5) is 0. The van der Waals surface area contributed by atoms with Crippen molar-refractivity contribution in [1.29, 1.82) is 0 Å². The van der Waals surface area contributed by atoms with Gasteiger partial charge in [0.25, 0.3) is 0 Å². The third kappa shape index (κ3) is 9.48. The lowest BCUT2D eigenvalue weighted by molar-refractivity contribution is 0.760. The van der Waals surface area contributed by atoms with Gasteiger partial charge in [-0.2, -0.15) is 0 Å². The molecule has 0 fully saturated rings. The van der Waals surface area contributed by atoms with Crippen molar-refractivity contribution in [3.63, 3.8) is 0 Å². The van der Waals surface area contributed by atoms with Crippen molar-refractivity contribution in [2.75, 3.05) is 0 Å². The quantitative estimate of drug-likeness (QED) is 0.397. The van der Waals surface area contributed by atoms with Crippen LogP contribution in [-0.2, 0) is 0 Å². The molecule has 0 heteroatoms. The van der Waals surface area contributed by atoms with Gasteiger partial charge in [-0.05, 0) is 39.0 Å². The fourth-order valence-electron chi connectivity index (χ4n) is 0.976. The third-order valence-electron chi connectivity index (χ3n) is 1.63. The van der Waals surface area contributed by atoms with Gasteiger partial charge in [-0.3, -0.25) is 0 Å². The minimum absolute atomic E-state index is 1.18. The van der Waals surface area contributed by atoms with Crippen LogP contribution in [0.15, 0.2) is 24.3 Å². The standard InChI is InChI=1S/C11H20/c1-3-5-7-9-11-10-8-6-4-2/h3,5-6,8H,4,7,9-11H2,1-2H3/b5-3?,8-6-. The van der Waals surface area contributed by atoms with Crippen LogP contribution in [0.2, 0.25) is 0 Å². The van der Waals surface area contributed by atoms with Crippen molar-refractivity contribution in [3.8, 4) is 0 Å². The molecule has 0 aliphatic rings. The molecule has 0 nitrogen and oxygen atoms in total. The topological polar surface area (TPSA) is 0 Å². The van der Waals surface area contributed by atoms with Crippen molar-refractivity contribution < 1.29 is 0 Å². The predicted molar refractivity (Wildman–Crippen MR) is 52.7 cm³/mol. The van der Waals surface area contributed by atoms with E-state index in [0.29, 0.717) is 0 Å². The summed E-state index contributed by atoms with van der Waals surface area (Å²) in [5.41, 5.74) is 0. The molecule has 0 aliphatic heterocycles. The normalized spacial score (nSPS) is 11.8. The van der Waals surface area contributed by atoms with E-state index < -0.39 is 0 Å². The van der Waals surface area contributed by atoms with Gasteiger partial charge in [-0.25, -0.2) is 0 Å². The highest BCUT2D eigenvalue weighted by molar-refractivity contribution is 4.81. The first-order chi connectivity index (χ1) is 5.41. The highest BCUT2D eigenvalue weighted by atomic mass is 13.9. The first kappa shape index (κ1) is 10.5. The van der Waals surface area contributed by atoms with E-state index in [1.165, 1.54) is 32.1 Å². The number of unbranched alkanes of at least 4 members (excludes halogenated alkanes) is 3. The first-order valence-corrected chi connectivity index (χ1v) is 4.68. The molecule has 0 N–H and O–H groups in total. The Morgan fingerprint density at radius 1 is 0.909 bits per heavy atom. The van der Waals surface area contributed by atoms with Gasteiger partial charge in [-0.15, -0.1) is 0 Å². The molecule has 11 heavy (non-hydrogen) atoms. The molecule has 0 rings (SSSR count). The lowest BCUT2D eigenvalue weighted by atomic mass is 10.2. The summed E-state index contributed by atoms with van der Waals surface area (Å²) in [5, 5.41) is 0. The average molecular weight is 152 g/mol. The van der Waals surface area contributed by atoms with E-state index in [4.69, 9.17) is 0 Å². The average Bonchev–Trinajstić information content (AvgIpc) is 2.03. The Morgan fingerprint density at radius 3 is 2.09 bits per heavy atom. The van der Waals surface area contributed by atoms with E-state index in [-0.39, 0.29) is 0 Å². The molecule has 0 radical (unpaired) electrons. The zero-order chi connectivity index (χ0) is 8.36. The summed E-state index contributed by atoms with van der Waals surface area (Å²) in [6.07, 6.45) is 15.2. The lowest BCUT2D eigenvalue weighted by Crippen LogP contribution is -1.71. The number of allylic oxidation sites excluding steroid dienone is 4. The molecule has 0 spiro atoms. The van der Waals surface area contributed by atoms with Gasteiger partial charge in [0.15, 0.2) is 0 Å². The van der Waals surface area contributed by atoms with Gasteiger partial charge in [0, 0.05) is 0 Å². The van der Waals surface area contributed by atoms with Gasteiger partial charge in [0.2, 0.25) is 0 Å². The van der Waals surface area contributed by atoms with E-state index in [2.05, 4.69) is 38.2 Å². The maximum Gasteiger partial charge on any atom is -0.0351 e. The summed E-state index contributed by atoms with van der Waals surface area (Å²) in [7, 11) is 0. The number of rotatable bonds is 6.